The summed E-state index contributed by atoms with van der Waals surface area (Å²) in [4.78, 5) is 16.7. The van der Waals surface area contributed by atoms with Crippen LogP contribution < -0.4 is 5.32 Å². The van der Waals surface area contributed by atoms with Gasteiger partial charge >= 0.3 is 0 Å². The Labute approximate surface area is 141 Å². The molecular weight excluding hydrogens is 310 g/mol. The smallest absolute Gasteiger partial charge is 0.230 e. The highest BCUT2D eigenvalue weighted by atomic mass is 32.2. The fraction of sp³-hybridized carbons (Fsp3) is 0.529. The third kappa shape index (κ3) is 4.72. The molecule has 0 saturated heterocycles. The zero-order chi connectivity index (χ0) is 16.8. The number of imidazole rings is 1. The average molecular weight is 335 g/mol. The molecule has 126 valence electrons. The number of nitrogens with zero attached hydrogens (tertiary/aromatic N) is 2. The summed E-state index contributed by atoms with van der Waals surface area (Å²) in [6.07, 6.45) is 0. The van der Waals surface area contributed by atoms with E-state index in [1.54, 1.807) is 7.11 Å². The molecule has 0 bridgehead atoms. The van der Waals surface area contributed by atoms with Crippen LogP contribution in [0.5, 0.6) is 0 Å². The predicted octanol–water partition coefficient (Wildman–Crippen LogP) is 2.94. The van der Waals surface area contributed by atoms with E-state index in [0.717, 1.165) is 22.7 Å². The van der Waals surface area contributed by atoms with E-state index in [2.05, 4.69) is 28.7 Å². The molecule has 1 aromatic heterocycles. The molecule has 1 amide bonds. The Morgan fingerprint density at radius 3 is 2.78 bits per heavy atom. The van der Waals surface area contributed by atoms with E-state index in [1.807, 2.05) is 31.2 Å². The van der Waals surface area contributed by atoms with E-state index in [4.69, 9.17) is 4.74 Å². The maximum absolute atomic E-state index is 12.1. The fourth-order valence-electron chi connectivity index (χ4n) is 2.15. The largest absolute Gasteiger partial charge is 0.383 e. The third-order valence-electron chi connectivity index (χ3n) is 3.86. The van der Waals surface area contributed by atoms with Crippen molar-refractivity contribution < 1.29 is 9.53 Å². The molecule has 0 saturated carbocycles. The Kier molecular flexibility index (Phi) is 6.47. The lowest BCUT2D eigenvalue weighted by atomic mass is 10.1. The number of carbonyl (C=O) groups excluding carboxylic acids is 1. The van der Waals surface area contributed by atoms with Gasteiger partial charge in [-0.2, -0.15) is 0 Å². The first-order chi connectivity index (χ1) is 11.0. The second-order valence-corrected chi connectivity index (χ2v) is 6.86. The molecule has 1 unspecified atom stereocenters. The minimum atomic E-state index is 0.0431. The normalized spacial score (nSPS) is 12.7. The van der Waals surface area contributed by atoms with Crippen LogP contribution in [0.1, 0.15) is 20.8 Å². The SMILES string of the molecule is COCCn1c(SCC(=O)NC(C)C(C)C)nc2ccccc21. The van der Waals surface area contributed by atoms with Crippen LogP contribution in [-0.2, 0) is 16.1 Å². The minimum Gasteiger partial charge on any atom is -0.383 e. The molecule has 1 N–H and O–H groups in total. The lowest BCUT2D eigenvalue weighted by Crippen LogP contribution is -2.37. The number of hydrogen-bond acceptors (Lipinski definition) is 4. The number of fused-ring (bicyclic) bond motifs is 1. The van der Waals surface area contributed by atoms with Crippen molar-refractivity contribution >= 4 is 28.7 Å². The Morgan fingerprint density at radius 1 is 1.35 bits per heavy atom. The second kappa shape index (κ2) is 8.36. The topological polar surface area (TPSA) is 56.1 Å². The summed E-state index contributed by atoms with van der Waals surface area (Å²) >= 11 is 1.47. The van der Waals surface area contributed by atoms with Crippen molar-refractivity contribution in [1.29, 1.82) is 0 Å². The van der Waals surface area contributed by atoms with Crippen LogP contribution in [0.3, 0.4) is 0 Å². The zero-order valence-corrected chi connectivity index (χ0v) is 15.0. The number of hydrogen-bond donors (Lipinski definition) is 1. The van der Waals surface area contributed by atoms with Crippen LogP contribution in [0, 0.1) is 5.92 Å². The van der Waals surface area contributed by atoms with E-state index >= 15 is 0 Å². The fourth-order valence-corrected chi connectivity index (χ4v) is 3.01. The molecule has 5 nitrogen and oxygen atoms in total. The Morgan fingerprint density at radius 2 is 2.09 bits per heavy atom. The first-order valence-electron chi connectivity index (χ1n) is 7.89. The molecule has 1 heterocycles. The number of rotatable bonds is 8. The van der Waals surface area contributed by atoms with Crippen LogP contribution in [0.4, 0.5) is 0 Å². The van der Waals surface area contributed by atoms with Gasteiger partial charge in [0, 0.05) is 19.7 Å². The molecule has 0 radical (unpaired) electrons. The first-order valence-corrected chi connectivity index (χ1v) is 8.88. The van der Waals surface area contributed by atoms with Gasteiger partial charge in [-0.15, -0.1) is 0 Å². The number of thioether (sulfide) groups is 1. The average Bonchev–Trinajstić information content (AvgIpc) is 2.88. The van der Waals surface area contributed by atoms with E-state index in [0.29, 0.717) is 18.3 Å². The molecule has 1 atom stereocenters. The molecular formula is C17H25N3O2S. The number of amides is 1. The predicted molar refractivity (Wildman–Crippen MR) is 94.8 cm³/mol. The minimum absolute atomic E-state index is 0.0431. The zero-order valence-electron chi connectivity index (χ0n) is 14.2. The Balaban J connectivity index is 2.08. The van der Waals surface area contributed by atoms with Gasteiger partial charge in [0.25, 0.3) is 0 Å². The quantitative estimate of drug-likeness (QED) is 0.754. The molecule has 0 aliphatic heterocycles. The van der Waals surface area contributed by atoms with Crippen LogP contribution >= 0.6 is 11.8 Å². The number of benzene rings is 1. The van der Waals surface area contributed by atoms with Crippen molar-refractivity contribution in [3.05, 3.63) is 24.3 Å². The molecule has 23 heavy (non-hydrogen) atoms. The Bertz CT molecular complexity index is 654. The highest BCUT2D eigenvalue weighted by Crippen LogP contribution is 2.24. The van der Waals surface area contributed by atoms with Crippen molar-refractivity contribution in [3.8, 4) is 0 Å². The maximum atomic E-state index is 12.1. The van der Waals surface area contributed by atoms with E-state index in [9.17, 15) is 4.79 Å². The van der Waals surface area contributed by atoms with E-state index in [1.165, 1.54) is 11.8 Å². The standard InChI is InChI=1S/C17H25N3O2S/c1-12(2)13(3)18-16(21)11-23-17-19-14-7-5-6-8-15(14)20(17)9-10-22-4/h5-8,12-13H,9-11H2,1-4H3,(H,18,21). The van der Waals surface area contributed by atoms with Crippen LogP contribution in [0.2, 0.25) is 0 Å². The summed E-state index contributed by atoms with van der Waals surface area (Å²) in [7, 11) is 1.69. The monoisotopic (exact) mass is 335 g/mol. The van der Waals surface area contributed by atoms with E-state index in [-0.39, 0.29) is 11.9 Å². The molecule has 0 spiro atoms. The third-order valence-corrected chi connectivity index (χ3v) is 4.84. The summed E-state index contributed by atoms with van der Waals surface area (Å²) in [5.41, 5.74) is 2.02. The van der Waals surface area contributed by atoms with Gasteiger partial charge in [-0.25, -0.2) is 4.98 Å². The lowest BCUT2D eigenvalue weighted by Gasteiger charge is -2.17. The van der Waals surface area contributed by atoms with Crippen LogP contribution in [0.25, 0.3) is 11.0 Å². The summed E-state index contributed by atoms with van der Waals surface area (Å²) < 4.78 is 7.30. The first kappa shape index (κ1) is 17.8. The Hall–Kier alpha value is -1.53. The van der Waals surface area contributed by atoms with Gasteiger partial charge in [-0.3, -0.25) is 4.79 Å². The summed E-state index contributed by atoms with van der Waals surface area (Å²) in [5.74, 6) is 0.838. The van der Waals surface area contributed by atoms with Crippen molar-refractivity contribution in [3.63, 3.8) is 0 Å². The summed E-state index contributed by atoms with van der Waals surface area (Å²) in [5, 5.41) is 3.88. The van der Waals surface area contributed by atoms with Crippen molar-refractivity contribution in [2.24, 2.45) is 5.92 Å². The van der Waals surface area contributed by atoms with Crippen LogP contribution in [-0.4, -0.2) is 41.0 Å². The molecule has 2 aromatic rings. The molecule has 6 heteroatoms. The van der Waals surface area contributed by atoms with E-state index < -0.39 is 0 Å². The summed E-state index contributed by atoms with van der Waals surface area (Å²) in [6, 6.07) is 8.18. The second-order valence-electron chi connectivity index (χ2n) is 5.92. The lowest BCUT2D eigenvalue weighted by molar-refractivity contribution is -0.119. The van der Waals surface area contributed by atoms with Gasteiger partial charge in [0.2, 0.25) is 5.91 Å². The molecule has 0 aliphatic rings. The number of para-hydroxylation sites is 2. The molecule has 1 aromatic carbocycles. The highest BCUT2D eigenvalue weighted by Gasteiger charge is 2.14. The van der Waals surface area contributed by atoms with Crippen molar-refractivity contribution in [2.75, 3.05) is 19.5 Å². The number of methoxy groups -OCH3 is 1. The number of aromatic nitrogens is 2. The number of nitrogens with one attached hydrogen (secondary N) is 1. The van der Waals surface area contributed by atoms with Gasteiger partial charge in [0.15, 0.2) is 5.16 Å². The van der Waals surface area contributed by atoms with Gasteiger partial charge in [-0.05, 0) is 25.0 Å². The number of carbonyl (C=O) groups is 1. The van der Waals surface area contributed by atoms with Gasteiger partial charge in [0.05, 0.1) is 23.4 Å². The van der Waals surface area contributed by atoms with Gasteiger partial charge in [0.1, 0.15) is 0 Å². The van der Waals surface area contributed by atoms with Gasteiger partial charge < -0.3 is 14.6 Å². The molecule has 0 fully saturated rings. The highest BCUT2D eigenvalue weighted by molar-refractivity contribution is 7.99. The molecule has 2 rings (SSSR count). The molecule has 0 aliphatic carbocycles. The van der Waals surface area contributed by atoms with Crippen molar-refractivity contribution in [1.82, 2.24) is 14.9 Å². The summed E-state index contributed by atoms with van der Waals surface area (Å²) in [6.45, 7) is 7.57. The number of ether oxygens (including phenoxy) is 1. The van der Waals surface area contributed by atoms with Gasteiger partial charge in [-0.1, -0.05) is 37.7 Å². The maximum Gasteiger partial charge on any atom is 0.230 e. The van der Waals surface area contributed by atoms with Crippen molar-refractivity contribution in [2.45, 2.75) is 38.5 Å². The van der Waals surface area contributed by atoms with Crippen LogP contribution in [0.15, 0.2) is 29.4 Å².